The third kappa shape index (κ3) is 6.68. The molecule has 5 nitrogen and oxygen atoms in total. The average molecular weight is 208 g/mol. The second-order valence-corrected chi connectivity index (χ2v) is 4.45. The van der Waals surface area contributed by atoms with Gasteiger partial charge in [-0.1, -0.05) is 6.92 Å². The van der Waals surface area contributed by atoms with E-state index in [1.165, 1.54) is 0 Å². The summed E-state index contributed by atoms with van der Waals surface area (Å²) < 4.78 is 10.9. The van der Waals surface area contributed by atoms with Crippen LogP contribution in [0.4, 0.5) is 0 Å². The van der Waals surface area contributed by atoms with Crippen LogP contribution in [-0.4, -0.2) is 45.9 Å². The SMILES string of the molecule is CCS(=O)CCNCC(N)C(=O)O. The van der Waals surface area contributed by atoms with Crippen molar-refractivity contribution in [1.82, 2.24) is 5.32 Å². The Labute approximate surface area is 80.1 Å². The maximum atomic E-state index is 10.9. The summed E-state index contributed by atoms with van der Waals surface area (Å²) in [5.41, 5.74) is 5.23. The third-order valence-corrected chi connectivity index (χ3v) is 2.81. The van der Waals surface area contributed by atoms with Crippen LogP contribution in [0, 0.1) is 0 Å². The monoisotopic (exact) mass is 208 g/mol. The fourth-order valence-corrected chi connectivity index (χ4v) is 1.34. The van der Waals surface area contributed by atoms with E-state index in [1.807, 2.05) is 6.92 Å². The molecule has 0 aliphatic carbocycles. The van der Waals surface area contributed by atoms with Crippen molar-refractivity contribution in [2.75, 3.05) is 24.6 Å². The van der Waals surface area contributed by atoms with Gasteiger partial charge in [0.25, 0.3) is 0 Å². The Morgan fingerprint density at radius 3 is 2.77 bits per heavy atom. The van der Waals surface area contributed by atoms with E-state index in [4.69, 9.17) is 10.8 Å². The molecule has 0 bridgehead atoms. The van der Waals surface area contributed by atoms with Gasteiger partial charge in [0.15, 0.2) is 0 Å². The molecule has 13 heavy (non-hydrogen) atoms. The van der Waals surface area contributed by atoms with Gasteiger partial charge in [0.05, 0.1) is 0 Å². The van der Waals surface area contributed by atoms with Gasteiger partial charge >= 0.3 is 5.97 Å². The molecule has 0 saturated heterocycles. The predicted octanol–water partition coefficient (Wildman–Crippen LogP) is -1.24. The topological polar surface area (TPSA) is 92.4 Å². The zero-order valence-electron chi connectivity index (χ0n) is 7.66. The van der Waals surface area contributed by atoms with Crippen LogP contribution < -0.4 is 11.1 Å². The second-order valence-electron chi connectivity index (χ2n) is 2.58. The van der Waals surface area contributed by atoms with Gasteiger partial charge in [0.2, 0.25) is 0 Å². The minimum absolute atomic E-state index is 0.218. The number of rotatable bonds is 7. The van der Waals surface area contributed by atoms with Gasteiger partial charge in [0, 0.05) is 35.4 Å². The molecule has 78 valence electrons. The molecule has 4 N–H and O–H groups in total. The molecule has 0 saturated carbocycles. The van der Waals surface area contributed by atoms with Crippen molar-refractivity contribution >= 4 is 16.8 Å². The maximum Gasteiger partial charge on any atom is 0.321 e. The Morgan fingerprint density at radius 1 is 1.69 bits per heavy atom. The van der Waals surface area contributed by atoms with Crippen LogP contribution in [0.15, 0.2) is 0 Å². The first kappa shape index (κ1) is 12.5. The number of carboxylic acids is 1. The fourth-order valence-electron chi connectivity index (χ4n) is 0.675. The van der Waals surface area contributed by atoms with Crippen LogP contribution in [0.5, 0.6) is 0 Å². The highest BCUT2D eigenvalue weighted by atomic mass is 32.2. The number of nitrogens with two attached hydrogens (primary N) is 1. The molecule has 0 heterocycles. The van der Waals surface area contributed by atoms with E-state index < -0.39 is 22.8 Å². The number of carbonyl (C=O) groups is 1. The predicted molar refractivity (Wildman–Crippen MR) is 52.0 cm³/mol. The maximum absolute atomic E-state index is 10.9. The minimum Gasteiger partial charge on any atom is -0.480 e. The summed E-state index contributed by atoms with van der Waals surface area (Å²) >= 11 is 0. The van der Waals surface area contributed by atoms with Crippen molar-refractivity contribution in [3.8, 4) is 0 Å². The second kappa shape index (κ2) is 6.99. The standard InChI is InChI=1S/C7H16N2O3S/c1-2-13(12)4-3-9-5-6(8)7(10)11/h6,9H,2-5,8H2,1H3,(H,10,11). The highest BCUT2D eigenvalue weighted by Crippen LogP contribution is 1.80. The number of hydrogen-bond donors (Lipinski definition) is 3. The number of nitrogens with one attached hydrogen (secondary N) is 1. The summed E-state index contributed by atoms with van der Waals surface area (Å²) in [6.07, 6.45) is 0. The van der Waals surface area contributed by atoms with Gasteiger partial charge in [0.1, 0.15) is 6.04 Å². The molecule has 2 atom stereocenters. The summed E-state index contributed by atoms with van der Waals surface area (Å²) in [6.45, 7) is 2.61. The molecule has 0 aromatic carbocycles. The molecule has 0 radical (unpaired) electrons. The van der Waals surface area contributed by atoms with Gasteiger partial charge in [-0.2, -0.15) is 0 Å². The van der Waals surface area contributed by atoms with E-state index in [0.717, 1.165) is 0 Å². The third-order valence-electron chi connectivity index (χ3n) is 1.51. The van der Waals surface area contributed by atoms with Crippen LogP contribution in [0.1, 0.15) is 6.92 Å². The smallest absolute Gasteiger partial charge is 0.321 e. The molecular formula is C7H16N2O3S. The molecule has 0 fully saturated rings. The van der Waals surface area contributed by atoms with Gasteiger partial charge in [-0.05, 0) is 0 Å². The molecule has 2 unspecified atom stereocenters. The Morgan fingerprint density at radius 2 is 2.31 bits per heavy atom. The van der Waals surface area contributed by atoms with E-state index >= 15 is 0 Å². The first-order valence-corrected chi connectivity index (χ1v) is 5.60. The molecule has 0 spiro atoms. The lowest BCUT2D eigenvalue weighted by Gasteiger charge is -2.07. The largest absolute Gasteiger partial charge is 0.480 e. The van der Waals surface area contributed by atoms with Crippen molar-refractivity contribution in [3.63, 3.8) is 0 Å². The van der Waals surface area contributed by atoms with Crippen LogP contribution in [0.25, 0.3) is 0 Å². The lowest BCUT2D eigenvalue weighted by molar-refractivity contribution is -0.138. The zero-order valence-corrected chi connectivity index (χ0v) is 8.47. The van der Waals surface area contributed by atoms with E-state index in [2.05, 4.69) is 5.32 Å². The van der Waals surface area contributed by atoms with Crippen molar-refractivity contribution < 1.29 is 14.1 Å². The molecule has 0 aromatic heterocycles. The molecular weight excluding hydrogens is 192 g/mol. The van der Waals surface area contributed by atoms with Gasteiger partial charge in [-0.15, -0.1) is 0 Å². The highest BCUT2D eigenvalue weighted by Gasteiger charge is 2.09. The highest BCUT2D eigenvalue weighted by molar-refractivity contribution is 7.84. The minimum atomic E-state index is -1.02. The molecule has 0 aromatic rings. The van der Waals surface area contributed by atoms with E-state index in [1.54, 1.807) is 0 Å². The number of carboxylic acid groups (broad SMARTS) is 1. The number of aliphatic carboxylic acids is 1. The average Bonchev–Trinajstić information content (AvgIpc) is 2.11. The van der Waals surface area contributed by atoms with Gasteiger partial charge < -0.3 is 16.2 Å². The van der Waals surface area contributed by atoms with E-state index in [9.17, 15) is 9.00 Å². The Balaban J connectivity index is 3.35. The van der Waals surface area contributed by atoms with Crippen LogP contribution in [0.3, 0.4) is 0 Å². The van der Waals surface area contributed by atoms with Crippen LogP contribution >= 0.6 is 0 Å². The fraction of sp³-hybridized carbons (Fsp3) is 0.857. The van der Waals surface area contributed by atoms with Crippen molar-refractivity contribution in [3.05, 3.63) is 0 Å². The van der Waals surface area contributed by atoms with Crippen molar-refractivity contribution in [2.24, 2.45) is 5.73 Å². The Kier molecular flexibility index (Phi) is 6.75. The zero-order chi connectivity index (χ0) is 10.3. The molecule has 0 amide bonds. The molecule has 0 rings (SSSR count). The molecule has 0 aliphatic heterocycles. The first-order valence-electron chi connectivity index (χ1n) is 4.12. The van der Waals surface area contributed by atoms with Crippen molar-refractivity contribution in [2.45, 2.75) is 13.0 Å². The quantitative estimate of drug-likeness (QED) is 0.455. The normalized spacial score (nSPS) is 15.2. The summed E-state index contributed by atoms with van der Waals surface area (Å²) in [5, 5.41) is 11.2. The van der Waals surface area contributed by atoms with Crippen LogP contribution in [-0.2, 0) is 15.6 Å². The summed E-state index contributed by atoms with van der Waals surface area (Å²) in [5.74, 6) is 0.152. The van der Waals surface area contributed by atoms with Gasteiger partial charge in [-0.3, -0.25) is 9.00 Å². The summed E-state index contributed by atoms with van der Waals surface area (Å²) in [4.78, 5) is 10.3. The molecule has 0 aliphatic rings. The Bertz CT molecular complexity index is 187. The Hall–Kier alpha value is -0.460. The van der Waals surface area contributed by atoms with Crippen molar-refractivity contribution in [1.29, 1.82) is 0 Å². The lowest BCUT2D eigenvalue weighted by Crippen LogP contribution is -2.41. The van der Waals surface area contributed by atoms with Crippen LogP contribution in [0.2, 0.25) is 0 Å². The van der Waals surface area contributed by atoms with E-state index in [-0.39, 0.29) is 6.54 Å². The number of hydrogen-bond acceptors (Lipinski definition) is 4. The van der Waals surface area contributed by atoms with E-state index in [0.29, 0.717) is 18.1 Å². The molecule has 6 heteroatoms. The van der Waals surface area contributed by atoms with Gasteiger partial charge in [-0.25, -0.2) is 0 Å². The summed E-state index contributed by atoms with van der Waals surface area (Å²) in [6, 6.07) is -0.880. The first-order chi connectivity index (χ1) is 6.07. The lowest BCUT2D eigenvalue weighted by atomic mass is 10.3. The summed E-state index contributed by atoms with van der Waals surface area (Å²) in [7, 11) is -0.803.